The Hall–Kier alpha value is -0.725. The summed E-state index contributed by atoms with van der Waals surface area (Å²) in [6.45, 7) is 4.87. The summed E-state index contributed by atoms with van der Waals surface area (Å²) in [5.41, 5.74) is 0. The van der Waals surface area contributed by atoms with E-state index in [0.29, 0.717) is 13.1 Å². The number of hydrogen-bond acceptors (Lipinski definition) is 2. The number of methoxy groups -OCH3 is 1. The van der Waals surface area contributed by atoms with Crippen LogP contribution in [0.15, 0.2) is 12.1 Å². The highest BCUT2D eigenvalue weighted by Crippen LogP contribution is 1.98. The van der Waals surface area contributed by atoms with Crippen LogP contribution in [0.25, 0.3) is 0 Å². The third-order valence-electron chi connectivity index (χ3n) is 1.50. The monoisotopic (exact) mass is 168 g/mol. The van der Waals surface area contributed by atoms with Gasteiger partial charge in [0.15, 0.2) is 6.71 Å². The van der Waals surface area contributed by atoms with Crippen molar-refractivity contribution in [3.05, 3.63) is 12.1 Å². The summed E-state index contributed by atoms with van der Waals surface area (Å²) in [6, 6.07) is 0. The fourth-order valence-corrected chi connectivity index (χ4v) is 0.835. The molecule has 0 aromatic rings. The van der Waals surface area contributed by atoms with Crippen LogP contribution in [0.5, 0.6) is 0 Å². The van der Waals surface area contributed by atoms with Gasteiger partial charge in [0.25, 0.3) is 0 Å². The van der Waals surface area contributed by atoms with Gasteiger partial charge in [-0.25, -0.2) is 0 Å². The number of carbonyl (C=O) groups is 1. The SMILES string of the molecule is COC(=O)CCC/C=C\B(C)C. The molecule has 0 saturated heterocycles. The molecule has 0 aromatic carbocycles. The van der Waals surface area contributed by atoms with E-state index in [9.17, 15) is 4.79 Å². The molecule has 3 heteroatoms. The molecule has 0 N–H and O–H groups in total. The van der Waals surface area contributed by atoms with Crippen molar-refractivity contribution in [1.82, 2.24) is 0 Å². The van der Waals surface area contributed by atoms with Crippen LogP contribution in [-0.2, 0) is 9.53 Å². The van der Waals surface area contributed by atoms with Crippen LogP contribution in [0.2, 0.25) is 13.6 Å². The molecular weight excluding hydrogens is 151 g/mol. The van der Waals surface area contributed by atoms with Gasteiger partial charge in [0.05, 0.1) is 7.11 Å². The van der Waals surface area contributed by atoms with E-state index >= 15 is 0 Å². The lowest BCUT2D eigenvalue weighted by Gasteiger charge is -1.95. The number of hydrogen-bond donors (Lipinski definition) is 0. The molecule has 0 aliphatic rings. The standard InChI is InChI=1S/C9H17BO2/c1-10(2)8-6-4-5-7-9(11)12-3/h6,8H,4-5,7H2,1-3H3/b8-6-. The lowest BCUT2D eigenvalue weighted by Crippen LogP contribution is -1.99. The van der Waals surface area contributed by atoms with E-state index < -0.39 is 0 Å². The molecule has 2 nitrogen and oxygen atoms in total. The van der Waals surface area contributed by atoms with Crippen molar-refractivity contribution >= 4 is 12.7 Å². The second-order valence-electron chi connectivity index (χ2n) is 3.14. The van der Waals surface area contributed by atoms with Gasteiger partial charge in [0, 0.05) is 6.42 Å². The summed E-state index contributed by atoms with van der Waals surface area (Å²) in [6.07, 6.45) is 4.50. The molecule has 0 rings (SSSR count). The average molecular weight is 168 g/mol. The first-order valence-electron chi connectivity index (χ1n) is 4.40. The molecule has 0 amide bonds. The van der Waals surface area contributed by atoms with Gasteiger partial charge in [-0.2, -0.15) is 0 Å². The third kappa shape index (κ3) is 7.38. The maximum atomic E-state index is 10.7. The summed E-state index contributed by atoms with van der Waals surface area (Å²) in [5.74, 6) is 2.03. The van der Waals surface area contributed by atoms with Gasteiger partial charge in [-0.3, -0.25) is 4.79 Å². The molecule has 0 fully saturated rings. The Morgan fingerprint density at radius 2 is 2.17 bits per heavy atom. The minimum absolute atomic E-state index is 0.118. The van der Waals surface area contributed by atoms with Crippen molar-refractivity contribution in [2.45, 2.75) is 32.9 Å². The van der Waals surface area contributed by atoms with Crippen LogP contribution >= 0.6 is 0 Å². The fourth-order valence-electron chi connectivity index (χ4n) is 0.835. The van der Waals surface area contributed by atoms with Gasteiger partial charge in [0.2, 0.25) is 0 Å². The van der Waals surface area contributed by atoms with E-state index in [2.05, 4.69) is 30.4 Å². The van der Waals surface area contributed by atoms with Crippen molar-refractivity contribution in [3.8, 4) is 0 Å². The van der Waals surface area contributed by atoms with Crippen molar-refractivity contribution < 1.29 is 9.53 Å². The molecule has 0 saturated carbocycles. The van der Waals surface area contributed by atoms with Crippen LogP contribution in [0, 0.1) is 0 Å². The first kappa shape index (κ1) is 11.3. The molecule has 0 unspecified atom stereocenters. The quantitative estimate of drug-likeness (QED) is 0.357. The summed E-state index contributed by atoms with van der Waals surface area (Å²) in [7, 11) is 1.42. The maximum Gasteiger partial charge on any atom is 0.305 e. The largest absolute Gasteiger partial charge is 0.469 e. The minimum atomic E-state index is -0.118. The summed E-state index contributed by atoms with van der Waals surface area (Å²) >= 11 is 0. The van der Waals surface area contributed by atoms with Gasteiger partial charge in [0.1, 0.15) is 0 Å². The number of unbranched alkanes of at least 4 members (excludes halogenated alkanes) is 1. The topological polar surface area (TPSA) is 26.3 Å². The Morgan fingerprint density at radius 3 is 2.67 bits per heavy atom. The highest BCUT2D eigenvalue weighted by atomic mass is 16.5. The Kier molecular flexibility index (Phi) is 6.53. The van der Waals surface area contributed by atoms with Crippen molar-refractivity contribution in [3.63, 3.8) is 0 Å². The lowest BCUT2D eigenvalue weighted by atomic mass is 9.55. The molecule has 0 heterocycles. The third-order valence-corrected chi connectivity index (χ3v) is 1.50. The number of carbonyl (C=O) groups excluding carboxylic acids is 1. The van der Waals surface area contributed by atoms with Crippen LogP contribution < -0.4 is 0 Å². The molecular formula is C9H17BO2. The van der Waals surface area contributed by atoms with E-state index in [-0.39, 0.29) is 5.97 Å². The van der Waals surface area contributed by atoms with Gasteiger partial charge < -0.3 is 4.74 Å². The first-order chi connectivity index (χ1) is 5.66. The summed E-state index contributed by atoms with van der Waals surface area (Å²) < 4.78 is 4.51. The van der Waals surface area contributed by atoms with Crippen molar-refractivity contribution in [2.24, 2.45) is 0 Å². The van der Waals surface area contributed by atoms with Gasteiger partial charge >= 0.3 is 5.97 Å². The highest BCUT2D eigenvalue weighted by Gasteiger charge is 1.97. The smallest absolute Gasteiger partial charge is 0.305 e. The van der Waals surface area contributed by atoms with E-state index in [0.717, 1.165) is 12.8 Å². The zero-order valence-corrected chi connectivity index (χ0v) is 8.17. The van der Waals surface area contributed by atoms with E-state index in [1.807, 2.05) is 0 Å². The molecule has 12 heavy (non-hydrogen) atoms. The highest BCUT2D eigenvalue weighted by molar-refractivity contribution is 6.61. The Balaban J connectivity index is 3.27. The van der Waals surface area contributed by atoms with Crippen molar-refractivity contribution in [1.29, 1.82) is 0 Å². The van der Waals surface area contributed by atoms with Crippen LogP contribution in [-0.4, -0.2) is 19.8 Å². The molecule has 0 aliphatic carbocycles. The second-order valence-corrected chi connectivity index (χ2v) is 3.14. The van der Waals surface area contributed by atoms with E-state index in [1.54, 1.807) is 0 Å². The Labute approximate surface area is 75.1 Å². The molecule has 0 spiro atoms. The second kappa shape index (κ2) is 6.95. The maximum absolute atomic E-state index is 10.7. The lowest BCUT2D eigenvalue weighted by molar-refractivity contribution is -0.140. The molecule has 0 atom stereocenters. The van der Waals surface area contributed by atoms with Gasteiger partial charge in [-0.05, 0) is 12.8 Å². The molecule has 0 aliphatic heterocycles. The number of allylic oxidation sites excluding steroid dienone is 1. The molecule has 0 radical (unpaired) electrons. The number of esters is 1. The van der Waals surface area contributed by atoms with Gasteiger partial charge in [-0.1, -0.05) is 19.7 Å². The summed E-state index contributed by atoms with van der Waals surface area (Å²) in [5, 5.41) is 0. The average Bonchev–Trinajstić information content (AvgIpc) is 2.03. The molecule has 0 bridgehead atoms. The van der Waals surface area contributed by atoms with Crippen LogP contribution in [0.1, 0.15) is 19.3 Å². The Morgan fingerprint density at radius 1 is 1.50 bits per heavy atom. The number of ether oxygens (including phenoxy) is 1. The van der Waals surface area contributed by atoms with Crippen LogP contribution in [0.4, 0.5) is 0 Å². The predicted molar refractivity (Wildman–Crippen MR) is 52.5 cm³/mol. The normalized spacial score (nSPS) is 10.2. The van der Waals surface area contributed by atoms with E-state index in [1.165, 1.54) is 7.11 Å². The molecule has 68 valence electrons. The van der Waals surface area contributed by atoms with E-state index in [4.69, 9.17) is 0 Å². The zero-order chi connectivity index (χ0) is 9.40. The minimum Gasteiger partial charge on any atom is -0.469 e. The van der Waals surface area contributed by atoms with Gasteiger partial charge in [-0.15, -0.1) is 5.98 Å². The van der Waals surface area contributed by atoms with Crippen LogP contribution in [0.3, 0.4) is 0 Å². The Bertz CT molecular complexity index is 153. The van der Waals surface area contributed by atoms with Crippen molar-refractivity contribution in [2.75, 3.05) is 7.11 Å². The summed E-state index contributed by atoms with van der Waals surface area (Å²) in [4.78, 5) is 10.7. The zero-order valence-electron chi connectivity index (χ0n) is 8.17. The predicted octanol–water partition coefficient (Wildman–Crippen LogP) is 2.18. The first-order valence-corrected chi connectivity index (χ1v) is 4.40. The number of rotatable bonds is 5. The fraction of sp³-hybridized carbons (Fsp3) is 0.667. The molecule has 0 aromatic heterocycles.